The van der Waals surface area contributed by atoms with Crippen molar-refractivity contribution >= 4 is 28.9 Å². The van der Waals surface area contributed by atoms with Gasteiger partial charge in [0.2, 0.25) is 5.66 Å². The first kappa shape index (κ1) is 28.3. The summed E-state index contributed by atoms with van der Waals surface area (Å²) < 4.78 is 0. The highest BCUT2D eigenvalue weighted by atomic mass is 16.2. The van der Waals surface area contributed by atoms with Gasteiger partial charge in [-0.3, -0.25) is 9.59 Å². The molecule has 0 spiro atoms. The summed E-state index contributed by atoms with van der Waals surface area (Å²) in [6.07, 6.45) is 0. The van der Waals surface area contributed by atoms with Crippen LogP contribution in [0.25, 0.3) is 0 Å². The Kier molecular flexibility index (Phi) is 9.44. The molecule has 7 heteroatoms. The fraction of sp³-hybridized carbons (Fsp3) is 0.182. The number of amides is 2. The molecule has 5 rings (SSSR count). The van der Waals surface area contributed by atoms with Crippen molar-refractivity contribution in [2.45, 2.75) is 26.4 Å². The summed E-state index contributed by atoms with van der Waals surface area (Å²) in [6, 6.07) is 35.1. The number of hydrogen-bond acceptors (Lipinski definition) is 5. The number of aryl methyl sites for hydroxylation is 1. The topological polar surface area (TPSA) is 85.8 Å². The Morgan fingerprint density at radius 2 is 1.32 bits per heavy atom. The van der Waals surface area contributed by atoms with E-state index in [9.17, 15) is 9.59 Å². The van der Waals surface area contributed by atoms with Gasteiger partial charge in [0.1, 0.15) is 5.71 Å². The minimum atomic E-state index is -1.64. The van der Waals surface area contributed by atoms with E-state index in [2.05, 4.69) is 29.8 Å². The second kappa shape index (κ2) is 13.4. The van der Waals surface area contributed by atoms with Gasteiger partial charge in [0.05, 0.1) is 5.69 Å². The summed E-state index contributed by atoms with van der Waals surface area (Å²) in [4.78, 5) is 27.7. The number of benzene rings is 4. The Labute approximate surface area is 235 Å². The molecule has 1 aliphatic heterocycles. The van der Waals surface area contributed by atoms with Gasteiger partial charge in [-0.15, -0.1) is 0 Å². The number of anilines is 2. The minimum Gasteiger partial charge on any atom is -0.350 e. The van der Waals surface area contributed by atoms with Crippen molar-refractivity contribution in [2.75, 3.05) is 23.4 Å². The number of rotatable bonds is 8. The van der Waals surface area contributed by atoms with Crippen LogP contribution in [0.1, 0.15) is 35.3 Å². The predicted molar refractivity (Wildman–Crippen MR) is 163 cm³/mol. The molecule has 7 nitrogen and oxygen atoms in total. The third-order valence-electron chi connectivity index (χ3n) is 6.34. The van der Waals surface area contributed by atoms with E-state index in [1.54, 1.807) is 12.1 Å². The van der Waals surface area contributed by atoms with Crippen LogP contribution in [-0.2, 0) is 4.79 Å². The van der Waals surface area contributed by atoms with Gasteiger partial charge in [-0.1, -0.05) is 98.3 Å². The van der Waals surface area contributed by atoms with Crippen LogP contribution in [0.2, 0.25) is 0 Å². The fourth-order valence-corrected chi connectivity index (χ4v) is 4.29. The molecule has 0 fully saturated rings. The molecule has 1 heterocycles. The van der Waals surface area contributed by atoms with Gasteiger partial charge in [0.15, 0.2) is 0 Å². The number of hydrazone groups is 1. The van der Waals surface area contributed by atoms with Crippen LogP contribution in [0, 0.1) is 6.92 Å². The molecule has 0 saturated carbocycles. The van der Waals surface area contributed by atoms with E-state index in [1.165, 1.54) is 5.01 Å². The number of hydrogen-bond donors (Lipinski definition) is 3. The van der Waals surface area contributed by atoms with Crippen molar-refractivity contribution in [3.05, 3.63) is 132 Å². The van der Waals surface area contributed by atoms with Gasteiger partial charge in [-0.2, -0.15) is 10.1 Å². The molecule has 40 heavy (non-hydrogen) atoms. The summed E-state index contributed by atoms with van der Waals surface area (Å²) in [5.41, 5.74) is 2.24. The highest BCUT2D eigenvalue weighted by Crippen LogP contribution is 2.31. The lowest BCUT2D eigenvalue weighted by molar-refractivity contribution is -0.120. The predicted octanol–water partition coefficient (Wildman–Crippen LogP) is 5.60. The number of carbonyl (C=O) groups excluding carboxylic acids is 2. The third-order valence-corrected chi connectivity index (χ3v) is 6.34. The molecular weight excluding hydrogens is 498 g/mol. The Hall–Kier alpha value is -4.75. The number of nitrogens with zero attached hydrogens (tertiary/aromatic N) is 2. The SMILES string of the molecule is CCNCC.Cc1ccc(C(=O)NC2(Nc3ccccc3)C(=O)N(c3ccccc3)N=C2c2ccccc2)cc1. The average Bonchev–Trinajstić information content (AvgIpc) is 3.26. The first-order valence-corrected chi connectivity index (χ1v) is 13.5. The Morgan fingerprint density at radius 1 is 0.775 bits per heavy atom. The lowest BCUT2D eigenvalue weighted by atomic mass is 9.95. The van der Waals surface area contributed by atoms with Crippen LogP contribution in [0.5, 0.6) is 0 Å². The normalized spacial score (nSPS) is 16.0. The Morgan fingerprint density at radius 3 is 1.88 bits per heavy atom. The van der Waals surface area contributed by atoms with Crippen LogP contribution in [0.15, 0.2) is 120 Å². The van der Waals surface area contributed by atoms with E-state index in [0.717, 1.165) is 18.7 Å². The number of carbonyl (C=O) groups is 2. The molecule has 1 aliphatic rings. The Bertz CT molecular complexity index is 1420. The molecule has 0 aromatic heterocycles. The van der Waals surface area contributed by atoms with Gasteiger partial charge in [0.25, 0.3) is 5.91 Å². The van der Waals surface area contributed by atoms with Crippen LogP contribution in [0.4, 0.5) is 11.4 Å². The van der Waals surface area contributed by atoms with Crippen molar-refractivity contribution < 1.29 is 9.59 Å². The maximum atomic E-state index is 14.2. The molecule has 0 saturated heterocycles. The summed E-state index contributed by atoms with van der Waals surface area (Å²) in [7, 11) is 0. The monoisotopic (exact) mass is 533 g/mol. The molecule has 4 aromatic rings. The molecule has 4 aromatic carbocycles. The van der Waals surface area contributed by atoms with Gasteiger partial charge in [-0.25, -0.2) is 0 Å². The van der Waals surface area contributed by atoms with E-state index in [0.29, 0.717) is 28.2 Å². The summed E-state index contributed by atoms with van der Waals surface area (Å²) in [6.45, 7) is 8.35. The summed E-state index contributed by atoms with van der Waals surface area (Å²) in [5.74, 6) is -0.799. The maximum Gasteiger partial charge on any atom is 0.300 e. The lowest BCUT2D eigenvalue weighted by Crippen LogP contribution is -2.65. The standard InChI is InChI=1S/C29H24N4O2.C4H11N/c1-21-17-19-23(20-18-21)27(34)31-29(30-24-13-7-3-8-14-24)26(22-11-5-2-6-12-22)32-33(28(29)35)25-15-9-4-10-16-25;1-3-5-4-2/h2-20,30H,1H3,(H,31,34);5H,3-4H2,1-2H3. The van der Waals surface area contributed by atoms with E-state index < -0.39 is 11.6 Å². The van der Waals surface area contributed by atoms with Crippen LogP contribution in [0.3, 0.4) is 0 Å². The van der Waals surface area contributed by atoms with Crippen molar-refractivity contribution in [2.24, 2.45) is 5.10 Å². The highest BCUT2D eigenvalue weighted by Gasteiger charge is 2.54. The molecule has 204 valence electrons. The average molecular weight is 534 g/mol. The second-order valence-corrected chi connectivity index (χ2v) is 9.29. The second-order valence-electron chi connectivity index (χ2n) is 9.29. The molecular formula is C33H35N5O2. The molecule has 0 aliphatic carbocycles. The first-order chi connectivity index (χ1) is 19.5. The Balaban J connectivity index is 0.000000681. The van der Waals surface area contributed by atoms with Crippen LogP contribution < -0.4 is 21.0 Å². The van der Waals surface area contributed by atoms with Crippen molar-refractivity contribution in [1.82, 2.24) is 10.6 Å². The van der Waals surface area contributed by atoms with Crippen LogP contribution in [-0.4, -0.2) is 36.3 Å². The van der Waals surface area contributed by atoms with Crippen LogP contribution >= 0.6 is 0 Å². The van der Waals surface area contributed by atoms with Crippen molar-refractivity contribution in [1.29, 1.82) is 0 Å². The summed E-state index contributed by atoms with van der Waals surface area (Å²) >= 11 is 0. The van der Waals surface area contributed by atoms with E-state index >= 15 is 0 Å². The molecule has 1 unspecified atom stereocenters. The van der Waals surface area contributed by atoms with E-state index in [4.69, 9.17) is 5.10 Å². The first-order valence-electron chi connectivity index (χ1n) is 13.5. The summed E-state index contributed by atoms with van der Waals surface area (Å²) in [5, 5.41) is 15.5. The van der Waals surface area contributed by atoms with Gasteiger partial charge >= 0.3 is 5.91 Å². The lowest BCUT2D eigenvalue weighted by Gasteiger charge is -2.32. The van der Waals surface area contributed by atoms with Gasteiger partial charge in [-0.05, 0) is 56.4 Å². The maximum absolute atomic E-state index is 14.2. The largest absolute Gasteiger partial charge is 0.350 e. The highest BCUT2D eigenvalue weighted by molar-refractivity contribution is 6.31. The van der Waals surface area contributed by atoms with Crippen molar-refractivity contribution in [3.8, 4) is 0 Å². The molecule has 2 amide bonds. The molecule has 1 atom stereocenters. The fourth-order valence-electron chi connectivity index (χ4n) is 4.29. The molecule has 3 N–H and O–H groups in total. The van der Waals surface area contributed by atoms with Crippen molar-refractivity contribution in [3.63, 3.8) is 0 Å². The number of nitrogens with one attached hydrogen (secondary N) is 3. The third kappa shape index (κ3) is 6.45. The molecule has 0 bridgehead atoms. The number of para-hydroxylation sites is 2. The zero-order valence-electron chi connectivity index (χ0n) is 23.1. The van der Waals surface area contributed by atoms with E-state index in [-0.39, 0.29) is 5.91 Å². The van der Waals surface area contributed by atoms with Gasteiger partial charge < -0.3 is 16.0 Å². The smallest absolute Gasteiger partial charge is 0.300 e. The zero-order valence-corrected chi connectivity index (χ0v) is 23.1. The van der Waals surface area contributed by atoms with E-state index in [1.807, 2.05) is 110 Å². The van der Waals surface area contributed by atoms with Gasteiger partial charge in [0, 0.05) is 16.8 Å². The quantitative estimate of drug-likeness (QED) is 0.257. The molecule has 0 radical (unpaired) electrons. The zero-order chi connectivity index (χ0) is 28.4. The minimum absolute atomic E-state index is 0.389.